The Hall–Kier alpha value is -4.75. The number of ether oxygens (including phenoxy) is 2. The van der Waals surface area contributed by atoms with Crippen LogP contribution < -0.4 is 14.8 Å². The highest BCUT2D eigenvalue weighted by molar-refractivity contribution is 5.95. The van der Waals surface area contributed by atoms with Crippen LogP contribution in [0.1, 0.15) is 39.5 Å². The molecule has 0 saturated carbocycles. The van der Waals surface area contributed by atoms with Crippen LogP contribution in [0.5, 0.6) is 11.5 Å². The van der Waals surface area contributed by atoms with Gasteiger partial charge in [0.05, 0.1) is 17.7 Å². The van der Waals surface area contributed by atoms with Crippen LogP contribution in [0.4, 0.5) is 43.9 Å². The van der Waals surface area contributed by atoms with Crippen molar-refractivity contribution in [3.05, 3.63) is 130 Å². The lowest BCUT2D eigenvalue weighted by molar-refractivity contribution is -0.360. The zero-order chi connectivity index (χ0) is 33.9. The van der Waals surface area contributed by atoms with Gasteiger partial charge in [-0.05, 0) is 66.1 Å². The molecule has 0 bridgehead atoms. The van der Waals surface area contributed by atoms with Gasteiger partial charge in [0.2, 0.25) is 0 Å². The van der Waals surface area contributed by atoms with Gasteiger partial charge in [-0.25, -0.2) is 8.78 Å². The third-order valence-corrected chi connectivity index (χ3v) is 6.80. The van der Waals surface area contributed by atoms with Gasteiger partial charge in [0.25, 0.3) is 5.91 Å². The van der Waals surface area contributed by atoms with Gasteiger partial charge >= 0.3 is 18.5 Å². The minimum Gasteiger partial charge on any atom is -0.491 e. The first-order valence-electron chi connectivity index (χ1n) is 13.4. The summed E-state index contributed by atoms with van der Waals surface area (Å²) in [5, 5.41) is 2.56. The molecule has 4 rings (SSSR count). The highest BCUT2D eigenvalue weighted by atomic mass is 19.4. The Labute approximate surface area is 255 Å². The van der Waals surface area contributed by atoms with Crippen LogP contribution in [0.3, 0.4) is 0 Å². The van der Waals surface area contributed by atoms with E-state index < -0.39 is 58.4 Å². The molecular weight excluding hydrogens is 636 g/mol. The smallest absolute Gasteiger partial charge is 0.491 e. The number of alkyl halides is 8. The molecule has 0 saturated heterocycles. The first-order chi connectivity index (χ1) is 21.5. The van der Waals surface area contributed by atoms with Gasteiger partial charge in [0.15, 0.2) is 11.6 Å². The second kappa shape index (κ2) is 12.9. The zero-order valence-electron chi connectivity index (χ0n) is 23.6. The first kappa shape index (κ1) is 34.1. The molecule has 46 heavy (non-hydrogen) atoms. The van der Waals surface area contributed by atoms with Crippen molar-refractivity contribution in [3.8, 4) is 11.5 Å². The van der Waals surface area contributed by atoms with Crippen molar-refractivity contribution in [2.45, 2.75) is 37.3 Å². The van der Waals surface area contributed by atoms with E-state index in [1.54, 1.807) is 37.3 Å². The van der Waals surface area contributed by atoms with Crippen LogP contribution in [0.2, 0.25) is 0 Å². The molecule has 0 fully saturated rings. The number of nitrogens with one attached hydrogen (secondary N) is 1. The molecule has 4 nitrogen and oxygen atoms in total. The predicted molar refractivity (Wildman–Crippen MR) is 145 cm³/mol. The summed E-state index contributed by atoms with van der Waals surface area (Å²) in [7, 11) is 0. The summed E-state index contributed by atoms with van der Waals surface area (Å²) in [5.74, 6) is -5.05. The number of halogens is 10. The Balaban J connectivity index is 1.98. The number of hydrogen-bond acceptors (Lipinski definition) is 3. The number of amides is 1. The largest absolute Gasteiger partial charge is 0.499 e. The fraction of sp³-hybridized carbons (Fsp3) is 0.219. The molecule has 1 atom stereocenters. The molecule has 1 N–H and O–H groups in total. The van der Waals surface area contributed by atoms with E-state index in [1.165, 1.54) is 12.1 Å². The fourth-order valence-corrected chi connectivity index (χ4v) is 4.68. The monoisotopic (exact) mass is 659 g/mol. The molecule has 0 spiro atoms. The minimum absolute atomic E-state index is 0.00700. The second-order valence-corrected chi connectivity index (χ2v) is 9.94. The molecule has 4 aromatic carbocycles. The summed E-state index contributed by atoms with van der Waals surface area (Å²) in [6, 6.07) is 16.6. The average Bonchev–Trinajstić information content (AvgIpc) is 2.97. The van der Waals surface area contributed by atoms with E-state index in [1.807, 2.05) is 0 Å². The van der Waals surface area contributed by atoms with E-state index in [-0.39, 0.29) is 36.0 Å². The van der Waals surface area contributed by atoms with Crippen molar-refractivity contribution in [2.75, 3.05) is 6.61 Å². The molecule has 14 heteroatoms. The van der Waals surface area contributed by atoms with E-state index in [9.17, 15) is 48.7 Å². The first-order valence-corrected chi connectivity index (χ1v) is 13.4. The van der Waals surface area contributed by atoms with Gasteiger partial charge in [-0.3, -0.25) is 4.79 Å². The van der Waals surface area contributed by atoms with E-state index >= 15 is 0 Å². The topological polar surface area (TPSA) is 47.6 Å². The number of benzene rings is 4. The van der Waals surface area contributed by atoms with Gasteiger partial charge in [-0.2, -0.15) is 35.1 Å². The maximum Gasteiger partial charge on any atom is 0.499 e. The maximum absolute atomic E-state index is 14.7. The van der Waals surface area contributed by atoms with Gasteiger partial charge in [0.1, 0.15) is 11.6 Å². The van der Waals surface area contributed by atoms with Crippen molar-refractivity contribution >= 4 is 5.91 Å². The number of carbonyl (C=O) groups excluding carboxylic acids is 1. The van der Waals surface area contributed by atoms with Crippen LogP contribution in [-0.2, 0) is 18.1 Å². The Kier molecular flexibility index (Phi) is 9.59. The molecule has 0 aliphatic heterocycles. The molecule has 1 amide bonds. The molecule has 244 valence electrons. The van der Waals surface area contributed by atoms with Gasteiger partial charge in [-0.1, -0.05) is 48.5 Å². The van der Waals surface area contributed by atoms with Crippen LogP contribution in [0.15, 0.2) is 91.0 Å². The summed E-state index contributed by atoms with van der Waals surface area (Å²) in [5.41, 5.74) is -4.20. The summed E-state index contributed by atoms with van der Waals surface area (Å²) < 4.78 is 145. The normalized spacial score (nSPS) is 13.5. The molecule has 0 aliphatic rings. The van der Waals surface area contributed by atoms with Crippen LogP contribution >= 0.6 is 0 Å². The fourth-order valence-electron chi connectivity index (χ4n) is 4.68. The van der Waals surface area contributed by atoms with Crippen molar-refractivity contribution < 1.29 is 58.2 Å². The quantitative estimate of drug-likeness (QED) is 0.173. The molecule has 0 radical (unpaired) electrons. The molecule has 0 heterocycles. The molecule has 0 aliphatic carbocycles. The van der Waals surface area contributed by atoms with Crippen LogP contribution in [0, 0.1) is 11.6 Å². The summed E-state index contributed by atoms with van der Waals surface area (Å²) in [6.45, 7) is 1.52. The summed E-state index contributed by atoms with van der Waals surface area (Å²) >= 11 is 0. The highest BCUT2D eigenvalue weighted by Gasteiger charge is 2.61. The Morgan fingerprint density at radius 2 is 1.39 bits per heavy atom. The molecule has 0 unspecified atom stereocenters. The molecule has 0 aromatic heterocycles. The number of carbonyl (C=O) groups is 1. The molecule has 4 aromatic rings. The zero-order valence-corrected chi connectivity index (χ0v) is 23.6. The van der Waals surface area contributed by atoms with Crippen LogP contribution in [-0.4, -0.2) is 24.8 Å². The van der Waals surface area contributed by atoms with Crippen molar-refractivity contribution in [2.24, 2.45) is 0 Å². The lowest BCUT2D eigenvalue weighted by Gasteiger charge is -2.37. The Morgan fingerprint density at radius 3 is 2.02 bits per heavy atom. The summed E-state index contributed by atoms with van der Waals surface area (Å²) in [6.07, 6.45) is -17.2. The van der Waals surface area contributed by atoms with E-state index in [2.05, 4.69) is 10.1 Å². The number of hydrogen-bond donors (Lipinski definition) is 1. The van der Waals surface area contributed by atoms with Gasteiger partial charge in [0, 0.05) is 12.0 Å². The summed E-state index contributed by atoms with van der Waals surface area (Å²) in [4.78, 5) is 13.7. The van der Waals surface area contributed by atoms with E-state index in [0.717, 1.165) is 36.4 Å². The standard InChI is InChI=1S/C32H23F10NO3/c1-2-45-27-17-22(12-14-26(27)34)29(18-19-7-4-3-5-8-19,21-9-6-10-23(16-21)46-32(41,42)31(38,39)40)43-28(44)20-11-13-25(33)24(15-20)30(35,36)37/h3-17H,2,18H2,1H3,(H,43,44)/t29-/m1/s1. The van der Waals surface area contributed by atoms with Gasteiger partial charge < -0.3 is 14.8 Å². The second-order valence-electron chi connectivity index (χ2n) is 9.94. The minimum atomic E-state index is -6.10. The van der Waals surface area contributed by atoms with Crippen molar-refractivity contribution in [1.82, 2.24) is 5.32 Å². The third-order valence-electron chi connectivity index (χ3n) is 6.80. The van der Waals surface area contributed by atoms with E-state index in [0.29, 0.717) is 11.6 Å². The molecular formula is C32H23F10NO3. The Morgan fingerprint density at radius 1 is 0.739 bits per heavy atom. The maximum atomic E-state index is 14.7. The average molecular weight is 660 g/mol. The Bertz CT molecular complexity index is 1690. The SMILES string of the molecule is CCOc1cc([C@](Cc2ccccc2)(NC(=O)c2ccc(F)c(C(F)(F)F)c2)c2cccc(OC(F)(F)C(F)(F)F)c2)ccc1F. The van der Waals surface area contributed by atoms with Gasteiger partial charge in [-0.15, -0.1) is 0 Å². The van der Waals surface area contributed by atoms with Crippen LogP contribution in [0.25, 0.3) is 0 Å². The lowest BCUT2D eigenvalue weighted by atomic mass is 9.77. The van der Waals surface area contributed by atoms with Crippen molar-refractivity contribution in [3.63, 3.8) is 0 Å². The van der Waals surface area contributed by atoms with Crippen molar-refractivity contribution in [1.29, 1.82) is 0 Å². The van der Waals surface area contributed by atoms with E-state index in [4.69, 9.17) is 4.74 Å². The predicted octanol–water partition coefficient (Wildman–Crippen LogP) is 8.83. The third kappa shape index (κ3) is 7.37. The number of rotatable bonds is 10. The highest BCUT2D eigenvalue weighted by Crippen LogP contribution is 2.41. The lowest BCUT2D eigenvalue weighted by Crippen LogP contribution is -2.49.